The quantitative estimate of drug-likeness (QED) is 0.497. The lowest BCUT2D eigenvalue weighted by molar-refractivity contribution is -0.115. The van der Waals surface area contributed by atoms with E-state index in [4.69, 9.17) is 17.3 Å². The molecule has 5 nitrogen and oxygen atoms in total. The highest BCUT2D eigenvalue weighted by molar-refractivity contribution is 7.99. The van der Waals surface area contributed by atoms with Crippen molar-refractivity contribution in [3.05, 3.63) is 63.4 Å². The van der Waals surface area contributed by atoms with Gasteiger partial charge in [0.15, 0.2) is 5.16 Å². The first-order valence-corrected chi connectivity index (χ1v) is 10.0. The van der Waals surface area contributed by atoms with Gasteiger partial charge in [-0.2, -0.15) is 0 Å². The van der Waals surface area contributed by atoms with Gasteiger partial charge in [0.05, 0.1) is 22.3 Å². The van der Waals surface area contributed by atoms with E-state index in [2.05, 4.69) is 18.8 Å². The number of halogens is 1. The number of nitrogens with zero attached hydrogens (tertiary/aromatic N) is 2. The summed E-state index contributed by atoms with van der Waals surface area (Å²) in [4.78, 5) is 28.9. The lowest BCUT2D eigenvalue weighted by Crippen LogP contribution is -2.23. The summed E-state index contributed by atoms with van der Waals surface area (Å²) in [5.41, 5.74) is 7.47. The van der Waals surface area contributed by atoms with E-state index in [9.17, 15) is 9.59 Å². The monoisotopic (exact) mass is 401 g/mol. The molecule has 2 aromatic carbocycles. The maximum Gasteiger partial charge on any atom is 0.266 e. The maximum absolute atomic E-state index is 13.1. The molecule has 3 rings (SSSR count). The highest BCUT2D eigenvalue weighted by Crippen LogP contribution is 2.25. The van der Waals surface area contributed by atoms with Crippen LogP contribution in [0.3, 0.4) is 0 Å². The van der Waals surface area contributed by atoms with Crippen LogP contribution in [0, 0.1) is 0 Å². The van der Waals surface area contributed by atoms with E-state index in [1.54, 1.807) is 18.2 Å². The third kappa shape index (κ3) is 4.17. The van der Waals surface area contributed by atoms with Gasteiger partial charge in [-0.05, 0) is 48.2 Å². The smallest absolute Gasteiger partial charge is 0.266 e. The zero-order valence-corrected chi connectivity index (χ0v) is 16.7. The van der Waals surface area contributed by atoms with Crippen LogP contribution in [0.4, 0.5) is 0 Å². The number of hydrogen-bond acceptors (Lipinski definition) is 4. The molecule has 27 heavy (non-hydrogen) atoms. The molecule has 0 radical (unpaired) electrons. The van der Waals surface area contributed by atoms with Crippen molar-refractivity contribution in [1.82, 2.24) is 9.55 Å². The number of primary amides is 1. The Hall–Kier alpha value is -2.31. The van der Waals surface area contributed by atoms with Gasteiger partial charge in [-0.3, -0.25) is 14.2 Å². The molecule has 0 aliphatic heterocycles. The minimum absolute atomic E-state index is 0.0312. The molecule has 3 aromatic rings. The summed E-state index contributed by atoms with van der Waals surface area (Å²) in [6.07, 6.45) is 1.04. The molecule has 0 aliphatic rings. The largest absolute Gasteiger partial charge is 0.369 e. The summed E-state index contributed by atoms with van der Waals surface area (Å²) in [6.45, 7) is 4.30. The van der Waals surface area contributed by atoms with Crippen molar-refractivity contribution < 1.29 is 4.79 Å². The van der Waals surface area contributed by atoms with Crippen molar-refractivity contribution in [1.29, 1.82) is 0 Å². The van der Waals surface area contributed by atoms with E-state index in [0.717, 1.165) is 18.2 Å². The first-order chi connectivity index (χ1) is 12.9. The van der Waals surface area contributed by atoms with Crippen LogP contribution in [0.25, 0.3) is 16.6 Å². The van der Waals surface area contributed by atoms with Crippen molar-refractivity contribution in [2.75, 3.05) is 5.75 Å². The molecule has 0 spiro atoms. The van der Waals surface area contributed by atoms with Crippen molar-refractivity contribution in [3.8, 4) is 5.69 Å². The molecule has 1 unspecified atom stereocenters. The molecule has 0 fully saturated rings. The van der Waals surface area contributed by atoms with Crippen LogP contribution in [-0.2, 0) is 4.79 Å². The zero-order chi connectivity index (χ0) is 19.6. The number of fused-ring (bicyclic) bond motifs is 1. The fourth-order valence-corrected chi connectivity index (χ4v) is 3.70. The Kier molecular flexibility index (Phi) is 5.87. The summed E-state index contributed by atoms with van der Waals surface area (Å²) in [5, 5.41) is 1.37. The molecule has 1 aromatic heterocycles. The molecule has 1 amide bonds. The molecule has 1 heterocycles. The SMILES string of the molecule is CCC(C)c1ccc(-n2c(SCC(N)=O)nc3cc(Cl)ccc3c2=O)cc1. The molecule has 0 saturated carbocycles. The first kappa shape index (κ1) is 19.5. The fraction of sp³-hybridized carbons (Fsp3) is 0.250. The van der Waals surface area contributed by atoms with Gasteiger partial charge in [0, 0.05) is 5.02 Å². The summed E-state index contributed by atoms with van der Waals surface area (Å²) >= 11 is 7.17. The van der Waals surface area contributed by atoms with Crippen molar-refractivity contribution >= 4 is 40.2 Å². The number of benzene rings is 2. The fourth-order valence-electron chi connectivity index (χ4n) is 2.79. The Balaban J connectivity index is 2.18. The van der Waals surface area contributed by atoms with Gasteiger partial charge in [-0.1, -0.05) is 49.3 Å². The highest BCUT2D eigenvalue weighted by atomic mass is 35.5. The molecule has 0 bridgehead atoms. The standard InChI is InChI=1S/C20H20ClN3O2S/c1-3-12(2)13-4-7-15(8-5-13)24-19(26)16-9-6-14(21)10-17(16)23-20(24)27-11-18(22)25/h4-10,12H,3,11H2,1-2H3,(H2,22,25). The number of rotatable bonds is 6. The van der Waals surface area contributed by atoms with Crippen molar-refractivity contribution in [3.63, 3.8) is 0 Å². The Morgan fingerprint density at radius 2 is 1.96 bits per heavy atom. The van der Waals surface area contributed by atoms with Crippen LogP contribution < -0.4 is 11.3 Å². The van der Waals surface area contributed by atoms with Crippen LogP contribution in [0.1, 0.15) is 31.7 Å². The third-order valence-electron chi connectivity index (χ3n) is 4.48. The number of carbonyl (C=O) groups is 1. The van der Waals surface area contributed by atoms with Crippen molar-refractivity contribution in [2.45, 2.75) is 31.3 Å². The highest BCUT2D eigenvalue weighted by Gasteiger charge is 2.15. The van der Waals surface area contributed by atoms with Gasteiger partial charge in [0.2, 0.25) is 5.91 Å². The minimum atomic E-state index is -0.473. The number of aromatic nitrogens is 2. The number of thioether (sulfide) groups is 1. The lowest BCUT2D eigenvalue weighted by atomic mass is 9.98. The second-order valence-corrected chi connectivity index (χ2v) is 7.73. The van der Waals surface area contributed by atoms with Crippen LogP contribution >= 0.6 is 23.4 Å². The van der Waals surface area contributed by atoms with Gasteiger partial charge >= 0.3 is 0 Å². The average Bonchev–Trinajstić information content (AvgIpc) is 2.65. The average molecular weight is 402 g/mol. The van der Waals surface area contributed by atoms with E-state index in [1.165, 1.54) is 10.1 Å². The van der Waals surface area contributed by atoms with E-state index in [-0.39, 0.29) is 11.3 Å². The van der Waals surface area contributed by atoms with Crippen LogP contribution in [0.2, 0.25) is 5.02 Å². The zero-order valence-electron chi connectivity index (χ0n) is 15.1. The van der Waals surface area contributed by atoms with Crippen LogP contribution in [0.5, 0.6) is 0 Å². The number of hydrogen-bond donors (Lipinski definition) is 1. The molecular formula is C20H20ClN3O2S. The second kappa shape index (κ2) is 8.15. The molecule has 1 atom stereocenters. The summed E-state index contributed by atoms with van der Waals surface area (Å²) in [5.74, 6) is -0.000768. The Morgan fingerprint density at radius 1 is 1.26 bits per heavy atom. The van der Waals surface area contributed by atoms with Crippen LogP contribution in [0.15, 0.2) is 52.4 Å². The normalized spacial score (nSPS) is 12.3. The minimum Gasteiger partial charge on any atom is -0.369 e. The second-order valence-electron chi connectivity index (χ2n) is 6.35. The maximum atomic E-state index is 13.1. The van der Waals surface area contributed by atoms with Gasteiger partial charge in [0.1, 0.15) is 0 Å². The predicted molar refractivity (Wildman–Crippen MR) is 111 cm³/mol. The summed E-state index contributed by atoms with van der Waals surface area (Å²) in [7, 11) is 0. The van der Waals surface area contributed by atoms with E-state index in [0.29, 0.717) is 32.7 Å². The van der Waals surface area contributed by atoms with E-state index < -0.39 is 5.91 Å². The summed E-state index contributed by atoms with van der Waals surface area (Å²) in [6, 6.07) is 12.8. The molecule has 0 saturated heterocycles. The van der Waals surface area contributed by atoms with Crippen LogP contribution in [-0.4, -0.2) is 21.2 Å². The predicted octanol–water partition coefficient (Wildman–Crippen LogP) is 4.13. The van der Waals surface area contributed by atoms with E-state index in [1.807, 2.05) is 24.3 Å². The van der Waals surface area contributed by atoms with E-state index >= 15 is 0 Å². The molecular weight excluding hydrogens is 382 g/mol. The topological polar surface area (TPSA) is 78.0 Å². The van der Waals surface area contributed by atoms with Gasteiger partial charge in [-0.15, -0.1) is 0 Å². The van der Waals surface area contributed by atoms with Gasteiger partial charge in [-0.25, -0.2) is 4.98 Å². The lowest BCUT2D eigenvalue weighted by Gasteiger charge is -2.14. The molecule has 140 valence electrons. The number of amides is 1. The summed E-state index contributed by atoms with van der Waals surface area (Å²) < 4.78 is 1.52. The molecule has 0 aliphatic carbocycles. The van der Waals surface area contributed by atoms with Gasteiger partial charge < -0.3 is 5.73 Å². The molecule has 7 heteroatoms. The number of nitrogens with two attached hydrogens (primary N) is 1. The van der Waals surface area contributed by atoms with Crippen molar-refractivity contribution in [2.24, 2.45) is 5.73 Å². The number of carbonyl (C=O) groups excluding carboxylic acids is 1. The Labute approximate surface area is 166 Å². The Morgan fingerprint density at radius 3 is 2.59 bits per heavy atom. The third-order valence-corrected chi connectivity index (χ3v) is 5.67. The molecule has 2 N–H and O–H groups in total. The van der Waals surface area contributed by atoms with Gasteiger partial charge in [0.25, 0.3) is 5.56 Å². The Bertz CT molecular complexity index is 1050. The first-order valence-electron chi connectivity index (χ1n) is 8.64.